The Morgan fingerprint density at radius 2 is 1.25 bits per heavy atom. The van der Waals surface area contributed by atoms with Crippen LogP contribution in [-0.2, 0) is 10.0 Å². The lowest BCUT2D eigenvalue weighted by atomic mass is 9.95. The molecule has 1 unspecified atom stereocenters. The van der Waals surface area contributed by atoms with Gasteiger partial charge in [-0.3, -0.25) is 0 Å². The number of sulfonamides is 1. The summed E-state index contributed by atoms with van der Waals surface area (Å²) in [5.41, 5.74) is 5.81. The summed E-state index contributed by atoms with van der Waals surface area (Å²) in [5, 5.41) is 0. The van der Waals surface area contributed by atoms with E-state index in [4.69, 9.17) is 0 Å². The molecule has 0 amide bonds. The van der Waals surface area contributed by atoms with Gasteiger partial charge in [0.25, 0.3) is 0 Å². The summed E-state index contributed by atoms with van der Waals surface area (Å²) >= 11 is 3.40. The minimum absolute atomic E-state index is 0.302. The third-order valence-electron chi connectivity index (χ3n) is 4.90. The molecule has 5 heteroatoms. The fourth-order valence-electron chi connectivity index (χ4n) is 2.98. The highest BCUT2D eigenvalue weighted by Crippen LogP contribution is 2.30. The third-order valence-corrected chi connectivity index (χ3v) is 7.24. The van der Waals surface area contributed by atoms with Gasteiger partial charge in [-0.2, -0.15) is 0 Å². The smallest absolute Gasteiger partial charge is 0.207 e. The predicted molar refractivity (Wildman–Crippen MR) is 103 cm³/mol. The first-order chi connectivity index (χ1) is 11.1. The van der Waals surface area contributed by atoms with Crippen LogP contribution in [0.2, 0.25) is 0 Å². The molecule has 0 fully saturated rings. The van der Waals surface area contributed by atoms with E-state index >= 15 is 0 Å². The zero-order chi connectivity index (χ0) is 18.2. The van der Waals surface area contributed by atoms with E-state index < -0.39 is 10.0 Å². The quantitative estimate of drug-likeness (QED) is 0.769. The third kappa shape index (κ3) is 3.58. The second-order valence-corrected chi connectivity index (χ2v) is 8.92. The molecule has 1 atom stereocenters. The highest BCUT2D eigenvalue weighted by atomic mass is 79.9. The zero-order valence-corrected chi connectivity index (χ0v) is 17.4. The van der Waals surface area contributed by atoms with Gasteiger partial charge in [-0.05, 0) is 87.1 Å². The molecule has 0 aromatic heterocycles. The number of halogens is 1. The monoisotopic (exact) mass is 409 g/mol. The molecule has 3 nitrogen and oxygen atoms in total. The molecule has 130 valence electrons. The van der Waals surface area contributed by atoms with Crippen LogP contribution in [0, 0.1) is 34.6 Å². The summed E-state index contributed by atoms with van der Waals surface area (Å²) in [6.07, 6.45) is 0. The van der Waals surface area contributed by atoms with Gasteiger partial charge in [-0.25, -0.2) is 13.1 Å². The highest BCUT2D eigenvalue weighted by Gasteiger charge is 2.25. The Labute approximate surface area is 153 Å². The lowest BCUT2D eigenvalue weighted by molar-refractivity contribution is 0.565. The molecule has 0 aliphatic rings. The molecule has 0 saturated heterocycles. The first-order valence-corrected chi connectivity index (χ1v) is 10.2. The molecular weight excluding hydrogens is 386 g/mol. The van der Waals surface area contributed by atoms with Crippen molar-refractivity contribution in [2.24, 2.45) is 0 Å². The molecule has 2 rings (SSSR count). The SMILES string of the molecule is Cc1c(C)c(C)c(S(=O)(=O)NC(C)c2ccc(Br)cc2)c(C)c1C. The van der Waals surface area contributed by atoms with Crippen LogP contribution in [0.15, 0.2) is 33.6 Å². The first-order valence-electron chi connectivity index (χ1n) is 7.91. The standard InChI is InChI=1S/C19H24BrNO2S/c1-11-12(2)14(4)19(15(5)13(11)3)24(22,23)21-16(6)17-7-9-18(20)10-8-17/h7-10,16,21H,1-6H3. The second kappa shape index (κ2) is 6.98. The molecule has 2 aromatic rings. The van der Waals surface area contributed by atoms with Crippen molar-refractivity contribution in [3.8, 4) is 0 Å². The number of nitrogens with one attached hydrogen (secondary N) is 1. The normalized spacial score (nSPS) is 13.1. The van der Waals surface area contributed by atoms with E-state index in [0.717, 1.165) is 37.9 Å². The van der Waals surface area contributed by atoms with Gasteiger partial charge in [0.1, 0.15) is 0 Å². The number of benzene rings is 2. The van der Waals surface area contributed by atoms with Crippen molar-refractivity contribution in [3.05, 3.63) is 62.1 Å². The van der Waals surface area contributed by atoms with Crippen LogP contribution in [0.25, 0.3) is 0 Å². The average molecular weight is 410 g/mol. The largest absolute Gasteiger partial charge is 0.241 e. The summed E-state index contributed by atoms with van der Waals surface area (Å²) in [7, 11) is -3.60. The molecule has 0 heterocycles. The Kier molecular flexibility index (Phi) is 5.57. The van der Waals surface area contributed by atoms with Crippen molar-refractivity contribution in [2.45, 2.75) is 52.5 Å². The van der Waals surface area contributed by atoms with Crippen LogP contribution in [0.1, 0.15) is 46.3 Å². The van der Waals surface area contributed by atoms with Crippen LogP contribution < -0.4 is 4.72 Å². The second-order valence-electron chi connectivity index (χ2n) is 6.35. The maximum Gasteiger partial charge on any atom is 0.241 e. The molecule has 0 aliphatic carbocycles. The topological polar surface area (TPSA) is 46.2 Å². The van der Waals surface area contributed by atoms with Gasteiger partial charge in [-0.1, -0.05) is 28.1 Å². The van der Waals surface area contributed by atoms with Gasteiger partial charge in [0.05, 0.1) is 4.90 Å². The van der Waals surface area contributed by atoms with E-state index in [0.29, 0.717) is 4.90 Å². The number of hydrogen-bond donors (Lipinski definition) is 1. The molecule has 0 aliphatic heterocycles. The summed E-state index contributed by atoms with van der Waals surface area (Å²) in [4.78, 5) is 0.409. The van der Waals surface area contributed by atoms with Crippen molar-refractivity contribution >= 4 is 26.0 Å². The fraction of sp³-hybridized carbons (Fsp3) is 0.368. The first kappa shape index (κ1) is 19.2. The van der Waals surface area contributed by atoms with E-state index in [1.54, 1.807) is 0 Å². The van der Waals surface area contributed by atoms with Crippen molar-refractivity contribution in [1.82, 2.24) is 4.72 Å². The van der Waals surface area contributed by atoms with Gasteiger partial charge in [0.2, 0.25) is 10.0 Å². The van der Waals surface area contributed by atoms with Crippen molar-refractivity contribution in [3.63, 3.8) is 0 Å². The Balaban J connectivity index is 2.46. The average Bonchev–Trinajstić information content (AvgIpc) is 2.51. The number of hydrogen-bond acceptors (Lipinski definition) is 2. The molecular formula is C19H24BrNO2S. The summed E-state index contributed by atoms with van der Waals surface area (Å²) in [6, 6.07) is 7.36. The fourth-order valence-corrected chi connectivity index (χ4v) is 5.08. The molecule has 0 saturated carbocycles. The minimum Gasteiger partial charge on any atom is -0.207 e. The predicted octanol–water partition coefficient (Wildman–Crippen LogP) is 5.03. The molecule has 0 radical (unpaired) electrons. The summed E-state index contributed by atoms with van der Waals surface area (Å²) < 4.78 is 29.8. The molecule has 0 spiro atoms. The van der Waals surface area contributed by atoms with E-state index in [-0.39, 0.29) is 6.04 Å². The Morgan fingerprint density at radius 1 is 0.833 bits per heavy atom. The molecule has 24 heavy (non-hydrogen) atoms. The highest BCUT2D eigenvalue weighted by molar-refractivity contribution is 9.10. The summed E-state index contributed by atoms with van der Waals surface area (Å²) in [5.74, 6) is 0. The van der Waals surface area contributed by atoms with E-state index in [1.165, 1.54) is 0 Å². The minimum atomic E-state index is -3.60. The van der Waals surface area contributed by atoms with Gasteiger partial charge in [-0.15, -0.1) is 0 Å². The Morgan fingerprint density at radius 3 is 1.71 bits per heavy atom. The number of rotatable bonds is 4. The molecule has 0 bridgehead atoms. The van der Waals surface area contributed by atoms with Crippen LogP contribution in [0.3, 0.4) is 0 Å². The van der Waals surface area contributed by atoms with Gasteiger partial charge >= 0.3 is 0 Å². The Bertz CT molecular complexity index is 842. The van der Waals surface area contributed by atoms with Crippen molar-refractivity contribution < 1.29 is 8.42 Å². The maximum atomic E-state index is 13.0. The van der Waals surface area contributed by atoms with Gasteiger partial charge in [0, 0.05) is 10.5 Å². The maximum absolute atomic E-state index is 13.0. The zero-order valence-electron chi connectivity index (χ0n) is 15.0. The van der Waals surface area contributed by atoms with Crippen LogP contribution in [0.4, 0.5) is 0 Å². The lowest BCUT2D eigenvalue weighted by Crippen LogP contribution is -2.28. The van der Waals surface area contributed by atoms with Crippen LogP contribution >= 0.6 is 15.9 Å². The molecule has 2 aromatic carbocycles. The Hall–Kier alpha value is -1.17. The van der Waals surface area contributed by atoms with Gasteiger partial charge < -0.3 is 0 Å². The van der Waals surface area contributed by atoms with E-state index in [9.17, 15) is 8.42 Å². The molecule has 1 N–H and O–H groups in total. The van der Waals surface area contributed by atoms with Crippen LogP contribution in [0.5, 0.6) is 0 Å². The van der Waals surface area contributed by atoms with E-state index in [1.807, 2.05) is 65.8 Å². The van der Waals surface area contributed by atoms with Gasteiger partial charge in [0.15, 0.2) is 0 Å². The van der Waals surface area contributed by atoms with Crippen molar-refractivity contribution in [2.75, 3.05) is 0 Å². The van der Waals surface area contributed by atoms with Crippen molar-refractivity contribution in [1.29, 1.82) is 0 Å². The summed E-state index contributed by atoms with van der Waals surface area (Å²) in [6.45, 7) is 11.6. The van der Waals surface area contributed by atoms with Crippen LogP contribution in [-0.4, -0.2) is 8.42 Å². The lowest BCUT2D eigenvalue weighted by Gasteiger charge is -2.21. The van der Waals surface area contributed by atoms with E-state index in [2.05, 4.69) is 20.7 Å².